The van der Waals surface area contributed by atoms with Crippen molar-refractivity contribution in [3.05, 3.63) is 0 Å². The third-order valence-electron chi connectivity index (χ3n) is 11.2. The summed E-state index contributed by atoms with van der Waals surface area (Å²) in [5.41, 5.74) is -1.50. The molecule has 1 heterocycles. The van der Waals surface area contributed by atoms with Gasteiger partial charge in [0.15, 0.2) is 0 Å². The van der Waals surface area contributed by atoms with Crippen LogP contribution in [0.5, 0.6) is 0 Å². The maximum Gasteiger partial charge on any atom is 0.457 e. The smallest absolute Gasteiger partial charge is 0.405 e. The van der Waals surface area contributed by atoms with Crippen LogP contribution >= 0.6 is 0 Å². The molecule has 6 fully saturated rings. The zero-order chi connectivity index (χ0) is 27.8. The lowest BCUT2D eigenvalue weighted by Gasteiger charge is -2.64. The number of fused-ring (bicyclic) bond motifs is 1. The summed E-state index contributed by atoms with van der Waals surface area (Å²) in [6, 6.07) is -0.215. The quantitative estimate of drug-likeness (QED) is 0.433. The molecule has 7 nitrogen and oxygen atoms in total. The van der Waals surface area contributed by atoms with Crippen molar-refractivity contribution >= 4 is 18.9 Å². The zero-order valence-electron chi connectivity index (χ0n) is 24.7. The van der Waals surface area contributed by atoms with Crippen LogP contribution in [0.4, 0.5) is 4.39 Å². The van der Waals surface area contributed by atoms with Crippen LogP contribution in [0.15, 0.2) is 0 Å². The van der Waals surface area contributed by atoms with Gasteiger partial charge in [-0.3, -0.25) is 9.59 Å². The molecule has 2 bridgehead atoms. The van der Waals surface area contributed by atoms with Gasteiger partial charge in [-0.2, -0.15) is 0 Å². The molecule has 0 aromatic heterocycles. The molecule has 0 aromatic carbocycles. The van der Waals surface area contributed by atoms with Crippen LogP contribution in [0.1, 0.15) is 87.0 Å². The maximum absolute atomic E-state index is 15.5. The van der Waals surface area contributed by atoms with Crippen molar-refractivity contribution in [2.45, 2.75) is 128 Å². The minimum atomic E-state index is -1.11. The normalized spacial score (nSPS) is 44.8. The summed E-state index contributed by atoms with van der Waals surface area (Å²) in [6.45, 7) is 14.2. The van der Waals surface area contributed by atoms with Gasteiger partial charge in [-0.15, -0.1) is 0 Å². The molecule has 5 aliphatic carbocycles. The van der Waals surface area contributed by atoms with E-state index in [9.17, 15) is 9.59 Å². The third-order valence-corrected chi connectivity index (χ3v) is 11.2. The maximum atomic E-state index is 15.5. The number of nitrogens with one attached hydrogen (secondary N) is 3. The summed E-state index contributed by atoms with van der Waals surface area (Å²) in [5, 5.41) is 9.31. The highest BCUT2D eigenvalue weighted by atomic mass is 19.1. The van der Waals surface area contributed by atoms with E-state index in [-0.39, 0.29) is 54.4 Å². The summed E-state index contributed by atoms with van der Waals surface area (Å²) in [4.78, 5) is 26.3. The van der Waals surface area contributed by atoms with Gasteiger partial charge in [-0.05, 0) is 108 Å². The lowest BCUT2D eigenvalue weighted by Crippen LogP contribution is -2.65. The first-order chi connectivity index (χ1) is 17.6. The molecule has 2 amide bonds. The van der Waals surface area contributed by atoms with Crippen molar-refractivity contribution in [2.24, 2.45) is 35.0 Å². The average molecular weight is 534 g/mol. The molecule has 3 N–H and O–H groups in total. The molecule has 1 saturated heterocycles. The summed E-state index contributed by atoms with van der Waals surface area (Å²) >= 11 is 0. The molecule has 6 aliphatic rings. The third kappa shape index (κ3) is 4.43. The van der Waals surface area contributed by atoms with E-state index in [0.29, 0.717) is 36.5 Å². The Morgan fingerprint density at radius 2 is 1.82 bits per heavy atom. The molecular weight excluding hydrogens is 484 g/mol. The van der Waals surface area contributed by atoms with Gasteiger partial charge in [0.1, 0.15) is 11.7 Å². The molecule has 9 heteroatoms. The van der Waals surface area contributed by atoms with Crippen LogP contribution in [0.2, 0.25) is 6.32 Å². The molecule has 5 saturated carbocycles. The molecule has 0 radical (unpaired) electrons. The van der Waals surface area contributed by atoms with Gasteiger partial charge in [0, 0.05) is 18.5 Å². The standard InChI is InChI=1S/C29H49BFN3O4/c1-16(35)33-29(25(36)34-26(2,3)4)15-19-18(14-21(32-8)24(19)31)20(29)10-9-11-30-37-23-13-17-12-22(27(17,5)6)28(23,7)38-30/h17-24,32H,9-15H2,1-8H3,(H,33,35)(H,34,36)/t17-,18+,19+,20-,21-,22-,23+,24-,28-,29-/m0/s1. The highest BCUT2D eigenvalue weighted by Crippen LogP contribution is 2.66. The molecule has 0 unspecified atom stereocenters. The van der Waals surface area contributed by atoms with Crippen LogP contribution in [0, 0.1) is 35.0 Å². The minimum Gasteiger partial charge on any atom is -0.405 e. The van der Waals surface area contributed by atoms with Gasteiger partial charge < -0.3 is 25.3 Å². The van der Waals surface area contributed by atoms with Gasteiger partial charge in [0.2, 0.25) is 11.8 Å². The largest absolute Gasteiger partial charge is 0.457 e. The Hall–Kier alpha value is -1.19. The number of hydrogen-bond donors (Lipinski definition) is 3. The van der Waals surface area contributed by atoms with E-state index < -0.39 is 17.2 Å². The van der Waals surface area contributed by atoms with E-state index >= 15 is 4.39 Å². The van der Waals surface area contributed by atoms with Gasteiger partial charge in [0.05, 0.1) is 11.7 Å². The van der Waals surface area contributed by atoms with Gasteiger partial charge >= 0.3 is 7.12 Å². The monoisotopic (exact) mass is 533 g/mol. The van der Waals surface area contributed by atoms with E-state index in [1.165, 1.54) is 13.3 Å². The molecule has 1 aliphatic heterocycles. The first-order valence-electron chi connectivity index (χ1n) is 14.9. The summed E-state index contributed by atoms with van der Waals surface area (Å²) in [7, 11) is 1.56. The summed E-state index contributed by atoms with van der Waals surface area (Å²) < 4.78 is 28.6. The molecule has 0 spiro atoms. The van der Waals surface area contributed by atoms with Crippen LogP contribution < -0.4 is 16.0 Å². The van der Waals surface area contributed by atoms with E-state index in [2.05, 4.69) is 36.7 Å². The molecule has 10 atom stereocenters. The highest BCUT2D eigenvalue weighted by molar-refractivity contribution is 6.45. The Morgan fingerprint density at radius 1 is 1.11 bits per heavy atom. The minimum absolute atomic E-state index is 0.0264. The molecule has 0 aromatic rings. The van der Waals surface area contributed by atoms with E-state index in [1.54, 1.807) is 7.05 Å². The fourth-order valence-corrected chi connectivity index (χ4v) is 9.29. The van der Waals surface area contributed by atoms with Crippen molar-refractivity contribution in [1.82, 2.24) is 16.0 Å². The van der Waals surface area contributed by atoms with Crippen molar-refractivity contribution < 1.29 is 23.3 Å². The average Bonchev–Trinajstić information content (AvgIpc) is 3.40. The Bertz CT molecular complexity index is 959. The molecular formula is C29H49BFN3O4. The van der Waals surface area contributed by atoms with Crippen molar-refractivity contribution in [2.75, 3.05) is 7.05 Å². The number of rotatable bonds is 7. The van der Waals surface area contributed by atoms with Gasteiger partial charge in [-0.1, -0.05) is 20.3 Å². The number of hydrogen-bond acceptors (Lipinski definition) is 5. The number of amides is 2. The predicted octanol–water partition coefficient (Wildman–Crippen LogP) is 3.87. The predicted molar refractivity (Wildman–Crippen MR) is 146 cm³/mol. The van der Waals surface area contributed by atoms with Crippen LogP contribution in [-0.2, 0) is 18.9 Å². The summed E-state index contributed by atoms with van der Waals surface area (Å²) in [6.07, 6.45) is 4.65. The second-order valence-electron chi connectivity index (χ2n) is 14.9. The first-order valence-corrected chi connectivity index (χ1v) is 14.9. The fourth-order valence-electron chi connectivity index (χ4n) is 9.29. The number of carbonyl (C=O) groups is 2. The van der Waals surface area contributed by atoms with E-state index in [0.717, 1.165) is 19.2 Å². The second kappa shape index (κ2) is 9.44. The Kier molecular flexibility index (Phi) is 7.04. The molecule has 6 rings (SSSR count). The van der Waals surface area contributed by atoms with Crippen molar-refractivity contribution in [3.63, 3.8) is 0 Å². The first kappa shape index (κ1) is 28.3. The van der Waals surface area contributed by atoms with Gasteiger partial charge in [-0.25, -0.2) is 4.39 Å². The lowest BCUT2D eigenvalue weighted by atomic mass is 9.43. The molecule has 38 heavy (non-hydrogen) atoms. The summed E-state index contributed by atoms with van der Waals surface area (Å²) in [5.74, 6) is 0.400. The highest BCUT2D eigenvalue weighted by Gasteiger charge is 2.68. The van der Waals surface area contributed by atoms with Gasteiger partial charge in [0.25, 0.3) is 0 Å². The lowest BCUT2D eigenvalue weighted by molar-refractivity contribution is -0.199. The molecule has 214 valence electrons. The van der Waals surface area contributed by atoms with Crippen LogP contribution in [-0.4, -0.2) is 61.0 Å². The second-order valence-corrected chi connectivity index (χ2v) is 14.9. The Morgan fingerprint density at radius 3 is 2.42 bits per heavy atom. The number of alkyl halides is 1. The van der Waals surface area contributed by atoms with Crippen molar-refractivity contribution in [1.29, 1.82) is 0 Å². The zero-order valence-corrected chi connectivity index (χ0v) is 24.7. The topological polar surface area (TPSA) is 88.7 Å². The SMILES string of the molecule is CN[C@H]1C[C@@H]2[C@@H](C[C@@](NC(C)=O)(C(=O)NC(C)(C)C)[C@H]2CCCB2O[C@@H]3C[C@@H]4C[C@@H](C4(C)C)[C@]3(C)O2)[C@@H]1F. The Labute approximate surface area is 228 Å². The van der Waals surface area contributed by atoms with E-state index in [1.807, 2.05) is 20.8 Å². The van der Waals surface area contributed by atoms with E-state index in [4.69, 9.17) is 9.31 Å². The fraction of sp³-hybridized carbons (Fsp3) is 0.931. The van der Waals surface area contributed by atoms with Crippen molar-refractivity contribution in [3.8, 4) is 0 Å². The Balaban J connectivity index is 1.32. The van der Waals surface area contributed by atoms with Crippen LogP contribution in [0.25, 0.3) is 0 Å². The number of carbonyl (C=O) groups excluding carboxylic acids is 2. The number of halogens is 1. The van der Waals surface area contributed by atoms with Crippen LogP contribution in [0.3, 0.4) is 0 Å².